The molecule has 3 heteroatoms. The third-order valence-corrected chi connectivity index (χ3v) is 5.57. The molecule has 0 saturated carbocycles. The van der Waals surface area contributed by atoms with E-state index in [1.807, 2.05) is 0 Å². The molecule has 0 aromatic rings. The zero-order valence-electron chi connectivity index (χ0n) is 20.5. The molecule has 0 rings (SSSR count). The van der Waals surface area contributed by atoms with Crippen LogP contribution >= 0.6 is 0 Å². The summed E-state index contributed by atoms with van der Waals surface area (Å²) >= 11 is 0. The first-order valence-corrected chi connectivity index (χ1v) is 13.2. The van der Waals surface area contributed by atoms with E-state index in [2.05, 4.69) is 35.9 Å². The van der Waals surface area contributed by atoms with Crippen LogP contribution in [0.5, 0.6) is 0 Å². The minimum absolute atomic E-state index is 0.130. The highest BCUT2D eigenvalue weighted by atomic mass is 16.1. The van der Waals surface area contributed by atoms with E-state index in [-0.39, 0.29) is 5.91 Å². The number of amides is 1. The molecule has 0 bridgehead atoms. The molecule has 1 amide bonds. The summed E-state index contributed by atoms with van der Waals surface area (Å²) in [5, 5.41) is 2.81. The fourth-order valence-corrected chi connectivity index (χ4v) is 3.60. The molecule has 31 heavy (non-hydrogen) atoms. The Labute approximate surface area is 194 Å². The normalized spacial score (nSPS) is 10.1. The van der Waals surface area contributed by atoms with Crippen LogP contribution in [0.4, 0.5) is 0 Å². The van der Waals surface area contributed by atoms with Crippen molar-refractivity contribution in [1.29, 1.82) is 0 Å². The molecular weight excluding hydrogens is 380 g/mol. The van der Waals surface area contributed by atoms with Gasteiger partial charge in [0.25, 0.3) is 0 Å². The van der Waals surface area contributed by atoms with Crippen LogP contribution in [0.1, 0.15) is 135 Å². The Hall–Kier alpha value is -1.45. The molecular formula is C28H50N2O. The van der Waals surface area contributed by atoms with Crippen molar-refractivity contribution >= 4 is 5.91 Å². The van der Waals surface area contributed by atoms with Crippen molar-refractivity contribution in [3.8, 4) is 23.7 Å². The third kappa shape index (κ3) is 26.5. The summed E-state index contributed by atoms with van der Waals surface area (Å²) in [6, 6.07) is 0. The number of nitrogens with two attached hydrogens (primary N) is 1. The molecule has 0 heterocycles. The Morgan fingerprint density at radius 2 is 1.06 bits per heavy atom. The monoisotopic (exact) mass is 430 g/mol. The summed E-state index contributed by atoms with van der Waals surface area (Å²) in [5.74, 6) is 12.5. The lowest BCUT2D eigenvalue weighted by molar-refractivity contribution is -0.121. The summed E-state index contributed by atoms with van der Waals surface area (Å²) in [4.78, 5) is 11.4. The van der Waals surface area contributed by atoms with E-state index in [4.69, 9.17) is 5.73 Å². The van der Waals surface area contributed by atoms with Gasteiger partial charge in [-0.2, -0.15) is 0 Å². The van der Waals surface area contributed by atoms with Crippen LogP contribution in [0.3, 0.4) is 0 Å². The average Bonchev–Trinajstić information content (AvgIpc) is 2.78. The lowest BCUT2D eigenvalue weighted by Gasteiger charge is -2.03. The van der Waals surface area contributed by atoms with Crippen LogP contribution in [-0.2, 0) is 4.79 Å². The predicted octanol–water partition coefficient (Wildman–Crippen LogP) is 6.89. The number of carbonyl (C=O) groups is 1. The molecule has 0 aromatic heterocycles. The van der Waals surface area contributed by atoms with Gasteiger partial charge in [-0.15, -0.1) is 0 Å². The summed E-state index contributed by atoms with van der Waals surface area (Å²) in [5.41, 5.74) is 5.36. The van der Waals surface area contributed by atoms with Gasteiger partial charge >= 0.3 is 0 Å². The molecule has 0 saturated heterocycles. The molecule has 0 aliphatic heterocycles. The zero-order valence-corrected chi connectivity index (χ0v) is 20.5. The maximum Gasteiger partial charge on any atom is 0.220 e. The van der Waals surface area contributed by atoms with E-state index < -0.39 is 0 Å². The van der Waals surface area contributed by atoms with Crippen LogP contribution in [0, 0.1) is 23.7 Å². The van der Waals surface area contributed by atoms with Crippen LogP contribution in [0.15, 0.2) is 0 Å². The third-order valence-electron chi connectivity index (χ3n) is 5.57. The molecule has 0 aliphatic rings. The van der Waals surface area contributed by atoms with Crippen molar-refractivity contribution in [2.45, 2.75) is 135 Å². The van der Waals surface area contributed by atoms with Gasteiger partial charge in [-0.3, -0.25) is 4.79 Å². The predicted molar refractivity (Wildman–Crippen MR) is 136 cm³/mol. The maximum absolute atomic E-state index is 11.4. The minimum Gasteiger partial charge on any atom is -0.355 e. The van der Waals surface area contributed by atoms with Gasteiger partial charge in [-0.05, 0) is 31.1 Å². The van der Waals surface area contributed by atoms with Crippen molar-refractivity contribution in [3.05, 3.63) is 0 Å². The molecule has 0 aliphatic carbocycles. The smallest absolute Gasteiger partial charge is 0.220 e. The Morgan fingerprint density at radius 3 is 1.52 bits per heavy atom. The van der Waals surface area contributed by atoms with Crippen molar-refractivity contribution in [1.82, 2.24) is 5.32 Å². The highest BCUT2D eigenvalue weighted by Gasteiger charge is 1.99. The largest absolute Gasteiger partial charge is 0.355 e. The Balaban J connectivity index is 3.28. The second-order valence-electron chi connectivity index (χ2n) is 8.65. The lowest BCUT2D eigenvalue weighted by Crippen LogP contribution is -2.28. The maximum atomic E-state index is 11.4. The summed E-state index contributed by atoms with van der Waals surface area (Å²) < 4.78 is 0. The molecule has 3 N–H and O–H groups in total. The Morgan fingerprint density at radius 1 is 0.645 bits per heavy atom. The number of hydrogen-bond acceptors (Lipinski definition) is 2. The van der Waals surface area contributed by atoms with E-state index in [9.17, 15) is 4.79 Å². The number of carbonyl (C=O) groups excluding carboxylic acids is 1. The van der Waals surface area contributed by atoms with E-state index in [1.165, 1.54) is 89.9 Å². The van der Waals surface area contributed by atoms with Gasteiger partial charge in [0, 0.05) is 32.4 Å². The van der Waals surface area contributed by atoms with Crippen LogP contribution in [-0.4, -0.2) is 19.0 Å². The van der Waals surface area contributed by atoms with Crippen molar-refractivity contribution in [2.24, 2.45) is 5.73 Å². The molecule has 178 valence electrons. The van der Waals surface area contributed by atoms with E-state index >= 15 is 0 Å². The van der Waals surface area contributed by atoms with Crippen LogP contribution in [0.2, 0.25) is 0 Å². The number of nitrogens with one attached hydrogen (secondary N) is 1. The summed E-state index contributed by atoms with van der Waals surface area (Å²) in [6.45, 7) is 3.38. The number of unbranched alkanes of at least 4 members (excludes halogenated alkanes) is 17. The standard InChI is InChI=1S/C28H50N2O/c1-2-3-4-5-6-7-8-9-10-11-12-13-14-15-16-17-18-19-20-21-22-23-24-25-28(31)30-27-26-29/h2-13,18-27,29H2,1H3,(H,30,31). The van der Waals surface area contributed by atoms with Crippen molar-refractivity contribution in [2.75, 3.05) is 13.1 Å². The first-order valence-electron chi connectivity index (χ1n) is 13.2. The summed E-state index contributed by atoms with van der Waals surface area (Å²) in [7, 11) is 0. The fourth-order valence-electron chi connectivity index (χ4n) is 3.60. The quantitative estimate of drug-likeness (QED) is 0.154. The molecule has 0 aromatic carbocycles. The molecule has 0 atom stereocenters. The molecule has 0 spiro atoms. The second kappa shape index (κ2) is 26.6. The van der Waals surface area contributed by atoms with E-state index in [0.717, 1.165) is 32.1 Å². The van der Waals surface area contributed by atoms with Gasteiger partial charge in [0.1, 0.15) is 0 Å². The average molecular weight is 431 g/mol. The summed E-state index contributed by atoms with van der Waals surface area (Å²) in [6.07, 6.45) is 24.7. The molecule has 0 radical (unpaired) electrons. The van der Waals surface area contributed by atoms with Crippen molar-refractivity contribution < 1.29 is 4.79 Å². The minimum atomic E-state index is 0.130. The van der Waals surface area contributed by atoms with Crippen LogP contribution in [0.25, 0.3) is 0 Å². The number of rotatable bonds is 21. The SMILES string of the molecule is CCCCCCCCCCCCCC#CC#CCCCCCCCCC(=O)NCCN. The van der Waals surface area contributed by atoms with E-state index in [0.29, 0.717) is 19.5 Å². The fraction of sp³-hybridized carbons (Fsp3) is 0.821. The first-order chi connectivity index (χ1) is 15.3. The van der Waals surface area contributed by atoms with Gasteiger partial charge < -0.3 is 11.1 Å². The van der Waals surface area contributed by atoms with E-state index in [1.54, 1.807) is 0 Å². The first kappa shape index (κ1) is 29.5. The molecule has 0 unspecified atom stereocenters. The Kier molecular flexibility index (Phi) is 25.3. The number of hydrogen-bond donors (Lipinski definition) is 2. The highest BCUT2D eigenvalue weighted by Crippen LogP contribution is 2.11. The lowest BCUT2D eigenvalue weighted by atomic mass is 10.1. The Bertz CT molecular complexity index is 507. The zero-order chi connectivity index (χ0) is 22.7. The van der Waals surface area contributed by atoms with Crippen molar-refractivity contribution in [3.63, 3.8) is 0 Å². The topological polar surface area (TPSA) is 55.1 Å². The molecule has 0 fully saturated rings. The van der Waals surface area contributed by atoms with Gasteiger partial charge in [0.15, 0.2) is 0 Å². The highest BCUT2D eigenvalue weighted by molar-refractivity contribution is 5.75. The molecule has 3 nitrogen and oxygen atoms in total. The van der Waals surface area contributed by atoms with Crippen LogP contribution < -0.4 is 11.1 Å². The second-order valence-corrected chi connectivity index (χ2v) is 8.65. The van der Waals surface area contributed by atoms with Gasteiger partial charge in [0.05, 0.1) is 0 Å². The van der Waals surface area contributed by atoms with Gasteiger partial charge in [-0.1, -0.05) is 109 Å². The van der Waals surface area contributed by atoms with Gasteiger partial charge in [0.2, 0.25) is 5.91 Å². The van der Waals surface area contributed by atoms with Gasteiger partial charge in [-0.25, -0.2) is 0 Å².